The van der Waals surface area contributed by atoms with E-state index >= 15 is 0 Å². The maximum absolute atomic E-state index is 12.3. The molecule has 2 rings (SSSR count). The van der Waals surface area contributed by atoms with E-state index in [0.29, 0.717) is 15.8 Å². The van der Waals surface area contributed by atoms with Crippen LogP contribution in [0, 0.1) is 20.8 Å². The number of nitrogens with one attached hydrogen (secondary N) is 1. The van der Waals surface area contributed by atoms with Crippen LogP contribution < -0.4 is 10.1 Å². The minimum Gasteiger partial charge on any atom is -0.482 e. The third-order valence-electron chi connectivity index (χ3n) is 3.99. The molecule has 27 heavy (non-hydrogen) atoms. The Morgan fingerprint density at radius 2 is 1.70 bits per heavy atom. The van der Waals surface area contributed by atoms with Crippen molar-refractivity contribution in [3.05, 3.63) is 57.1 Å². The van der Waals surface area contributed by atoms with E-state index in [1.54, 1.807) is 19.2 Å². The first-order valence-electron chi connectivity index (χ1n) is 8.37. The molecule has 1 N–H and O–H groups in total. The largest absolute Gasteiger partial charge is 0.482 e. The number of amides is 2. The Labute approximate surface area is 169 Å². The van der Waals surface area contributed by atoms with Crippen molar-refractivity contribution >= 4 is 40.7 Å². The summed E-state index contributed by atoms with van der Waals surface area (Å²) in [6.07, 6.45) is 0. The zero-order valence-corrected chi connectivity index (χ0v) is 17.2. The number of anilines is 1. The van der Waals surface area contributed by atoms with Gasteiger partial charge in [0.05, 0.1) is 11.6 Å². The summed E-state index contributed by atoms with van der Waals surface area (Å²) in [5.74, 6) is -0.304. The molecule has 7 heteroatoms. The first-order valence-corrected chi connectivity index (χ1v) is 9.12. The molecule has 0 fully saturated rings. The standard InChI is InChI=1S/C20H22Cl2N2O3/c1-12-7-13(2)20(14(3)8-12)23-18(25)10-24(4)19(26)11-27-17-9-15(21)5-6-16(17)22/h5-9H,10-11H2,1-4H3,(H,23,25). The van der Waals surface area contributed by atoms with Gasteiger partial charge >= 0.3 is 0 Å². The Morgan fingerprint density at radius 3 is 2.33 bits per heavy atom. The molecule has 0 radical (unpaired) electrons. The quantitative estimate of drug-likeness (QED) is 0.770. The van der Waals surface area contributed by atoms with Gasteiger partial charge in [0, 0.05) is 23.8 Å². The molecule has 144 valence electrons. The second-order valence-electron chi connectivity index (χ2n) is 6.44. The van der Waals surface area contributed by atoms with Crippen LogP contribution in [0.25, 0.3) is 0 Å². The molecular weight excluding hydrogens is 387 g/mol. The molecule has 2 aromatic carbocycles. The summed E-state index contributed by atoms with van der Waals surface area (Å²) in [5, 5.41) is 3.69. The highest BCUT2D eigenvalue weighted by atomic mass is 35.5. The van der Waals surface area contributed by atoms with Gasteiger partial charge in [0.25, 0.3) is 5.91 Å². The minimum atomic E-state index is -0.349. The van der Waals surface area contributed by atoms with E-state index in [4.69, 9.17) is 27.9 Å². The Balaban J connectivity index is 1.92. The van der Waals surface area contributed by atoms with Crippen LogP contribution in [0.3, 0.4) is 0 Å². The molecule has 0 bridgehead atoms. The number of hydrogen-bond donors (Lipinski definition) is 1. The van der Waals surface area contributed by atoms with Crippen LogP contribution in [0.2, 0.25) is 10.0 Å². The van der Waals surface area contributed by atoms with Crippen LogP contribution >= 0.6 is 23.2 Å². The molecule has 0 saturated carbocycles. The number of hydrogen-bond acceptors (Lipinski definition) is 3. The van der Waals surface area contributed by atoms with Crippen molar-refractivity contribution in [2.45, 2.75) is 20.8 Å². The third-order valence-corrected chi connectivity index (χ3v) is 4.54. The molecule has 2 aromatic rings. The number of likely N-dealkylation sites (N-methyl/N-ethyl adjacent to an activating group) is 1. The highest BCUT2D eigenvalue weighted by Gasteiger charge is 2.16. The van der Waals surface area contributed by atoms with Crippen molar-refractivity contribution in [3.8, 4) is 5.75 Å². The Bertz CT molecular complexity index is 845. The summed E-state index contributed by atoms with van der Waals surface area (Å²) >= 11 is 11.9. The van der Waals surface area contributed by atoms with Crippen LogP contribution in [0.5, 0.6) is 5.75 Å². The molecule has 0 aliphatic heterocycles. The normalized spacial score (nSPS) is 10.4. The summed E-state index contributed by atoms with van der Waals surface area (Å²) in [6.45, 7) is 5.55. The second-order valence-corrected chi connectivity index (χ2v) is 7.28. The highest BCUT2D eigenvalue weighted by Crippen LogP contribution is 2.27. The predicted molar refractivity (Wildman–Crippen MR) is 109 cm³/mol. The summed E-state index contributed by atoms with van der Waals surface area (Å²) in [4.78, 5) is 25.8. The van der Waals surface area contributed by atoms with Gasteiger partial charge < -0.3 is 15.0 Å². The summed E-state index contributed by atoms with van der Waals surface area (Å²) in [6, 6.07) is 8.75. The van der Waals surface area contributed by atoms with Gasteiger partial charge in [-0.05, 0) is 44.0 Å². The molecule has 0 atom stereocenters. The average molecular weight is 409 g/mol. The predicted octanol–water partition coefficient (Wildman–Crippen LogP) is 4.39. The van der Waals surface area contributed by atoms with Gasteiger partial charge in [0.1, 0.15) is 5.75 Å². The van der Waals surface area contributed by atoms with Gasteiger partial charge in [0.2, 0.25) is 5.91 Å². The lowest BCUT2D eigenvalue weighted by Crippen LogP contribution is -2.37. The SMILES string of the molecule is Cc1cc(C)c(NC(=O)CN(C)C(=O)COc2cc(Cl)ccc2Cl)c(C)c1. The Kier molecular flexibility index (Phi) is 7.11. The number of ether oxygens (including phenoxy) is 1. The number of rotatable bonds is 6. The molecule has 0 aliphatic rings. The fourth-order valence-electron chi connectivity index (χ4n) is 2.70. The van der Waals surface area contributed by atoms with E-state index in [-0.39, 0.29) is 25.0 Å². The smallest absolute Gasteiger partial charge is 0.260 e. The monoisotopic (exact) mass is 408 g/mol. The average Bonchev–Trinajstić information content (AvgIpc) is 2.58. The van der Waals surface area contributed by atoms with Crippen LogP contribution in [-0.4, -0.2) is 36.9 Å². The Morgan fingerprint density at radius 1 is 1.07 bits per heavy atom. The van der Waals surface area contributed by atoms with Gasteiger partial charge in [-0.15, -0.1) is 0 Å². The molecule has 0 heterocycles. The summed E-state index contributed by atoms with van der Waals surface area (Å²) in [5.41, 5.74) is 3.86. The van der Waals surface area contributed by atoms with Crippen molar-refractivity contribution in [1.29, 1.82) is 0 Å². The van der Waals surface area contributed by atoms with E-state index in [9.17, 15) is 9.59 Å². The second kappa shape index (κ2) is 9.11. The maximum atomic E-state index is 12.3. The van der Waals surface area contributed by atoms with Crippen molar-refractivity contribution in [3.63, 3.8) is 0 Å². The lowest BCUT2D eigenvalue weighted by molar-refractivity contribution is -0.135. The van der Waals surface area contributed by atoms with Crippen molar-refractivity contribution < 1.29 is 14.3 Å². The first-order chi connectivity index (χ1) is 12.7. The molecule has 0 unspecified atom stereocenters. The van der Waals surface area contributed by atoms with Crippen molar-refractivity contribution in [1.82, 2.24) is 4.90 Å². The summed E-state index contributed by atoms with van der Waals surface area (Å²) in [7, 11) is 1.54. The van der Waals surface area contributed by atoms with Crippen molar-refractivity contribution in [2.75, 3.05) is 25.5 Å². The van der Waals surface area contributed by atoms with Gasteiger partial charge in [-0.3, -0.25) is 9.59 Å². The van der Waals surface area contributed by atoms with E-state index in [2.05, 4.69) is 5.32 Å². The molecule has 0 aliphatic carbocycles. The fraction of sp³-hybridized carbons (Fsp3) is 0.300. The molecule has 5 nitrogen and oxygen atoms in total. The van der Waals surface area contributed by atoms with Crippen LogP contribution in [0.15, 0.2) is 30.3 Å². The van der Waals surface area contributed by atoms with Gasteiger partial charge in [-0.25, -0.2) is 0 Å². The lowest BCUT2D eigenvalue weighted by Gasteiger charge is -2.19. The molecule has 0 aromatic heterocycles. The number of halogens is 2. The van der Waals surface area contributed by atoms with Crippen LogP contribution in [-0.2, 0) is 9.59 Å². The molecule has 0 spiro atoms. The highest BCUT2D eigenvalue weighted by molar-refractivity contribution is 6.34. The van der Waals surface area contributed by atoms with Gasteiger partial charge in [-0.1, -0.05) is 40.9 Å². The van der Waals surface area contributed by atoms with Crippen LogP contribution in [0.4, 0.5) is 5.69 Å². The fourth-order valence-corrected chi connectivity index (χ4v) is 3.03. The molecule has 0 saturated heterocycles. The number of nitrogens with zero attached hydrogens (tertiary/aromatic N) is 1. The van der Waals surface area contributed by atoms with Crippen LogP contribution in [0.1, 0.15) is 16.7 Å². The topological polar surface area (TPSA) is 58.6 Å². The number of benzene rings is 2. The summed E-state index contributed by atoms with van der Waals surface area (Å²) < 4.78 is 5.41. The zero-order valence-electron chi connectivity index (χ0n) is 15.7. The number of carbonyl (C=O) groups excluding carboxylic acids is 2. The lowest BCUT2D eigenvalue weighted by atomic mass is 10.1. The Hall–Kier alpha value is -2.24. The first kappa shape index (κ1) is 21.1. The minimum absolute atomic E-state index is 0.0851. The number of aryl methyl sites for hydroxylation is 3. The third kappa shape index (κ3) is 5.88. The number of carbonyl (C=O) groups is 2. The molecule has 2 amide bonds. The van der Waals surface area contributed by atoms with E-state index in [0.717, 1.165) is 22.4 Å². The van der Waals surface area contributed by atoms with E-state index in [1.165, 1.54) is 11.0 Å². The van der Waals surface area contributed by atoms with E-state index in [1.807, 2.05) is 32.9 Å². The zero-order chi connectivity index (χ0) is 20.1. The maximum Gasteiger partial charge on any atom is 0.260 e. The van der Waals surface area contributed by atoms with E-state index < -0.39 is 0 Å². The van der Waals surface area contributed by atoms with Gasteiger partial charge in [0.15, 0.2) is 6.61 Å². The van der Waals surface area contributed by atoms with Crippen molar-refractivity contribution in [2.24, 2.45) is 0 Å². The molecular formula is C20H22Cl2N2O3. The van der Waals surface area contributed by atoms with Gasteiger partial charge in [-0.2, -0.15) is 0 Å².